The largest absolute Gasteiger partial charge is 0.496 e. The Labute approximate surface area is 202 Å². The molecule has 12 heteroatoms. The van der Waals surface area contributed by atoms with Gasteiger partial charge in [0.1, 0.15) is 5.75 Å². The number of fused-ring (bicyclic) bond motifs is 3. The number of nitrogens with one attached hydrogen (secondary N) is 2. The Morgan fingerprint density at radius 2 is 2.00 bits per heavy atom. The van der Waals surface area contributed by atoms with Crippen LogP contribution in [0.4, 0.5) is 0 Å². The molecule has 0 bridgehead atoms. The number of allylic oxidation sites excluding steroid dienone is 1. The highest BCUT2D eigenvalue weighted by Gasteiger charge is 2.18. The fourth-order valence-electron chi connectivity index (χ4n) is 3.34. The van der Waals surface area contributed by atoms with Crippen LogP contribution < -0.4 is 21.1 Å². The molecule has 10 nitrogen and oxygen atoms in total. The number of amides is 2. The van der Waals surface area contributed by atoms with Gasteiger partial charge in [0.15, 0.2) is 5.16 Å². The van der Waals surface area contributed by atoms with Crippen molar-refractivity contribution < 1.29 is 14.3 Å². The summed E-state index contributed by atoms with van der Waals surface area (Å²) in [7, 11) is 1.43. The monoisotopic (exact) mass is 498 g/mol. The van der Waals surface area contributed by atoms with Crippen molar-refractivity contribution in [3.63, 3.8) is 0 Å². The van der Waals surface area contributed by atoms with Crippen molar-refractivity contribution in [2.45, 2.75) is 11.7 Å². The molecular formula is C22H19ClN6O4S. The van der Waals surface area contributed by atoms with Crippen molar-refractivity contribution >= 4 is 51.9 Å². The molecule has 0 spiro atoms. The van der Waals surface area contributed by atoms with Gasteiger partial charge in [-0.2, -0.15) is 0 Å². The summed E-state index contributed by atoms with van der Waals surface area (Å²) in [4.78, 5) is 37.7. The van der Waals surface area contributed by atoms with Crippen molar-refractivity contribution in [2.24, 2.45) is 0 Å². The van der Waals surface area contributed by atoms with E-state index in [0.717, 1.165) is 11.8 Å². The lowest BCUT2D eigenvalue weighted by Gasteiger charge is -2.11. The van der Waals surface area contributed by atoms with E-state index in [1.54, 1.807) is 46.9 Å². The van der Waals surface area contributed by atoms with Gasteiger partial charge >= 0.3 is 0 Å². The third-order valence-corrected chi connectivity index (χ3v) is 6.01. The van der Waals surface area contributed by atoms with Gasteiger partial charge in [0, 0.05) is 11.6 Å². The van der Waals surface area contributed by atoms with Gasteiger partial charge < -0.3 is 4.74 Å². The summed E-state index contributed by atoms with van der Waals surface area (Å²) in [6.07, 6.45) is 1.60. The topological polar surface area (TPSA) is 120 Å². The van der Waals surface area contributed by atoms with E-state index in [-0.39, 0.29) is 23.4 Å². The zero-order valence-electron chi connectivity index (χ0n) is 17.9. The molecule has 0 fully saturated rings. The molecule has 2 N–H and O–H groups in total. The average molecular weight is 499 g/mol. The van der Waals surface area contributed by atoms with Crippen molar-refractivity contribution in [3.8, 4) is 5.75 Å². The first-order valence-corrected chi connectivity index (χ1v) is 11.3. The number of hydrogen-bond donors (Lipinski definition) is 2. The Bertz CT molecular complexity index is 1480. The fourth-order valence-corrected chi connectivity index (χ4v) is 4.25. The summed E-state index contributed by atoms with van der Waals surface area (Å²) in [5.41, 5.74) is 5.29. The van der Waals surface area contributed by atoms with E-state index in [9.17, 15) is 14.4 Å². The Morgan fingerprint density at radius 3 is 2.76 bits per heavy atom. The Hall–Kier alpha value is -3.83. The van der Waals surface area contributed by atoms with Gasteiger partial charge in [0.05, 0.1) is 29.3 Å². The highest BCUT2D eigenvalue weighted by Crippen LogP contribution is 2.23. The van der Waals surface area contributed by atoms with Crippen LogP contribution in [-0.4, -0.2) is 43.8 Å². The van der Waals surface area contributed by atoms with Gasteiger partial charge in [0.25, 0.3) is 11.5 Å². The molecule has 2 heterocycles. The maximum atomic E-state index is 12.8. The first-order chi connectivity index (χ1) is 16.4. The highest BCUT2D eigenvalue weighted by molar-refractivity contribution is 7.99. The number of hydrazine groups is 1. The summed E-state index contributed by atoms with van der Waals surface area (Å²) >= 11 is 7.06. The van der Waals surface area contributed by atoms with Crippen LogP contribution in [-0.2, 0) is 11.3 Å². The molecule has 0 saturated heterocycles. The molecule has 2 aromatic carbocycles. The van der Waals surface area contributed by atoms with Crippen LogP contribution in [0.3, 0.4) is 0 Å². The van der Waals surface area contributed by atoms with Crippen LogP contribution in [0.2, 0.25) is 5.02 Å². The quantitative estimate of drug-likeness (QED) is 0.228. The number of methoxy groups -OCH3 is 1. The molecule has 2 aromatic heterocycles. The Balaban J connectivity index is 1.51. The van der Waals surface area contributed by atoms with E-state index in [2.05, 4.69) is 27.6 Å². The predicted octanol–water partition coefficient (Wildman–Crippen LogP) is 2.45. The van der Waals surface area contributed by atoms with E-state index in [1.807, 2.05) is 0 Å². The number of hydrogen-bond acceptors (Lipinski definition) is 7. The van der Waals surface area contributed by atoms with Crippen LogP contribution in [0.15, 0.2) is 65.1 Å². The molecule has 2 amide bonds. The minimum absolute atomic E-state index is 0.0668. The minimum atomic E-state index is -0.579. The molecule has 34 heavy (non-hydrogen) atoms. The summed E-state index contributed by atoms with van der Waals surface area (Å²) in [5, 5.41) is 9.57. The lowest BCUT2D eigenvalue weighted by molar-refractivity contribution is -0.119. The molecule has 0 radical (unpaired) electrons. The van der Waals surface area contributed by atoms with Crippen LogP contribution in [0.25, 0.3) is 16.7 Å². The van der Waals surface area contributed by atoms with E-state index in [1.165, 1.54) is 17.7 Å². The van der Waals surface area contributed by atoms with E-state index >= 15 is 0 Å². The van der Waals surface area contributed by atoms with E-state index < -0.39 is 11.8 Å². The van der Waals surface area contributed by atoms with E-state index in [4.69, 9.17) is 16.3 Å². The minimum Gasteiger partial charge on any atom is -0.496 e. The molecule has 4 aromatic rings. The molecule has 0 aliphatic carbocycles. The number of halogens is 1. The van der Waals surface area contributed by atoms with Crippen LogP contribution in [0.5, 0.6) is 5.75 Å². The highest BCUT2D eigenvalue weighted by atomic mass is 35.5. The Morgan fingerprint density at radius 1 is 1.21 bits per heavy atom. The second-order valence-electron chi connectivity index (χ2n) is 6.98. The second kappa shape index (κ2) is 9.98. The van der Waals surface area contributed by atoms with Gasteiger partial charge in [-0.1, -0.05) is 41.6 Å². The third kappa shape index (κ3) is 4.47. The molecule has 174 valence electrons. The van der Waals surface area contributed by atoms with E-state index in [0.29, 0.717) is 32.6 Å². The standard InChI is InChI=1S/C22H19ClN6O4S/c1-3-10-28-20(32)14-6-4-5-7-16(14)29-21(28)26-27-22(29)34-12-18(30)24-25-19(31)15-11-13(23)8-9-17(15)33-2/h3-9,11H,1,10,12H2,2H3,(H,24,30)(H,25,31). The van der Waals surface area contributed by atoms with Crippen molar-refractivity contribution in [1.29, 1.82) is 0 Å². The van der Waals surface area contributed by atoms with Crippen LogP contribution in [0, 0.1) is 0 Å². The maximum absolute atomic E-state index is 12.8. The SMILES string of the molecule is C=CCn1c(=O)c2ccccc2n2c(SCC(=O)NNC(=O)c3cc(Cl)ccc3OC)nnc12. The van der Waals surface area contributed by atoms with Crippen molar-refractivity contribution in [1.82, 2.24) is 30.0 Å². The summed E-state index contributed by atoms with van der Waals surface area (Å²) in [5.74, 6) is -0.460. The number of para-hydroxylation sites is 1. The van der Waals surface area contributed by atoms with Gasteiger partial charge in [-0.25, -0.2) is 0 Å². The second-order valence-corrected chi connectivity index (χ2v) is 8.35. The normalized spacial score (nSPS) is 10.9. The average Bonchev–Trinajstić information content (AvgIpc) is 3.27. The molecule has 0 aliphatic rings. The number of benzene rings is 2. The molecule has 0 saturated carbocycles. The zero-order valence-corrected chi connectivity index (χ0v) is 19.5. The van der Waals surface area contributed by atoms with Crippen LogP contribution >= 0.6 is 23.4 Å². The summed E-state index contributed by atoms with van der Waals surface area (Å²) < 4.78 is 8.33. The van der Waals surface area contributed by atoms with Gasteiger partial charge in [-0.05, 0) is 30.3 Å². The molecule has 0 unspecified atom stereocenters. The maximum Gasteiger partial charge on any atom is 0.273 e. The predicted molar refractivity (Wildman–Crippen MR) is 129 cm³/mol. The number of carbonyl (C=O) groups excluding carboxylic acids is 2. The molecule has 4 rings (SSSR count). The van der Waals surface area contributed by atoms with Crippen molar-refractivity contribution in [2.75, 3.05) is 12.9 Å². The lowest BCUT2D eigenvalue weighted by Crippen LogP contribution is -2.42. The van der Waals surface area contributed by atoms with Crippen LogP contribution in [0.1, 0.15) is 10.4 Å². The summed E-state index contributed by atoms with van der Waals surface area (Å²) in [6.45, 7) is 3.96. The molecular weight excluding hydrogens is 480 g/mol. The first-order valence-electron chi connectivity index (χ1n) is 9.97. The number of aromatic nitrogens is 4. The number of nitrogens with zero attached hydrogens (tertiary/aromatic N) is 4. The zero-order chi connectivity index (χ0) is 24.2. The van der Waals surface area contributed by atoms with Gasteiger partial charge in [0.2, 0.25) is 11.7 Å². The number of carbonyl (C=O) groups is 2. The first kappa shape index (κ1) is 23.3. The Kier molecular flexibility index (Phi) is 6.85. The number of rotatable bonds is 7. The smallest absolute Gasteiger partial charge is 0.273 e. The number of thioether (sulfide) groups is 1. The molecule has 0 atom stereocenters. The molecule has 0 aliphatic heterocycles. The van der Waals surface area contributed by atoms with Gasteiger partial charge in [-0.3, -0.25) is 34.2 Å². The number of ether oxygens (including phenoxy) is 1. The summed E-state index contributed by atoms with van der Waals surface area (Å²) in [6, 6.07) is 11.7. The fraction of sp³-hybridized carbons (Fsp3) is 0.136. The van der Waals surface area contributed by atoms with Crippen molar-refractivity contribution in [3.05, 3.63) is 76.1 Å². The van der Waals surface area contributed by atoms with Gasteiger partial charge in [-0.15, -0.1) is 16.8 Å². The third-order valence-electron chi connectivity index (χ3n) is 4.84. The lowest BCUT2D eigenvalue weighted by atomic mass is 10.2.